The van der Waals surface area contributed by atoms with Gasteiger partial charge >= 0.3 is 0 Å². The lowest BCUT2D eigenvalue weighted by molar-refractivity contribution is 0.414. The van der Waals surface area contributed by atoms with E-state index in [-0.39, 0.29) is 0 Å². The van der Waals surface area contributed by atoms with E-state index >= 15 is 0 Å². The maximum absolute atomic E-state index is 5.31. The fourth-order valence-electron chi connectivity index (χ4n) is 1.00. The van der Waals surface area contributed by atoms with E-state index in [1.807, 2.05) is 40.8 Å². The monoisotopic (exact) mass is 275 g/mol. The summed E-state index contributed by atoms with van der Waals surface area (Å²) in [5, 5.41) is 0. The molecule has 0 saturated heterocycles. The lowest BCUT2D eigenvalue weighted by Crippen LogP contribution is -1.80. The topological polar surface area (TPSA) is 35.3 Å². The number of hydrogen-bond donors (Lipinski definition) is 0. The minimum Gasteiger partial charge on any atom is -0.497 e. The van der Waals surface area contributed by atoms with Crippen molar-refractivity contribution in [1.82, 2.24) is 4.98 Å². The molecule has 0 radical (unpaired) electrons. The van der Waals surface area contributed by atoms with Gasteiger partial charge in [0.2, 0.25) is 0 Å². The number of aromatic nitrogens is 1. The predicted octanol–water partition coefficient (Wildman–Crippen LogP) is 2.44. The van der Waals surface area contributed by atoms with Gasteiger partial charge in [0.1, 0.15) is 11.3 Å². The zero-order valence-electron chi connectivity index (χ0n) is 6.37. The van der Waals surface area contributed by atoms with Crippen LogP contribution in [0.3, 0.4) is 0 Å². The molecule has 0 spiro atoms. The zero-order valence-corrected chi connectivity index (χ0v) is 8.53. The maximum Gasteiger partial charge on any atom is 0.258 e. The van der Waals surface area contributed by atoms with E-state index in [1.165, 1.54) is 0 Å². The number of nitrogens with zero attached hydrogens (tertiary/aromatic N) is 1. The highest BCUT2D eigenvalue weighted by molar-refractivity contribution is 14.1. The highest BCUT2D eigenvalue weighted by Gasteiger charge is 2.02. The Morgan fingerprint density at radius 3 is 3.08 bits per heavy atom. The Hall–Kier alpha value is -0.780. The SMILES string of the molecule is COc1ccc2nc(I)oc2c1. The highest BCUT2D eigenvalue weighted by Crippen LogP contribution is 2.21. The zero-order chi connectivity index (χ0) is 8.55. The maximum atomic E-state index is 5.31. The van der Waals surface area contributed by atoms with E-state index < -0.39 is 0 Å². The Kier molecular flexibility index (Phi) is 1.92. The summed E-state index contributed by atoms with van der Waals surface area (Å²) in [7, 11) is 1.63. The van der Waals surface area contributed by atoms with Gasteiger partial charge in [-0.3, -0.25) is 0 Å². The Morgan fingerprint density at radius 1 is 1.50 bits per heavy atom. The van der Waals surface area contributed by atoms with Crippen LogP contribution in [0.4, 0.5) is 0 Å². The molecule has 1 heterocycles. The number of hydrogen-bond acceptors (Lipinski definition) is 3. The lowest BCUT2D eigenvalue weighted by atomic mass is 10.3. The summed E-state index contributed by atoms with van der Waals surface area (Å²) in [6.45, 7) is 0. The standard InChI is InChI=1S/C8H6INO2/c1-11-5-2-3-6-7(4-5)12-8(9)10-6/h2-4H,1H3. The first-order valence-corrected chi connectivity index (χ1v) is 4.47. The van der Waals surface area contributed by atoms with E-state index in [0.29, 0.717) is 3.90 Å². The van der Waals surface area contributed by atoms with Crippen molar-refractivity contribution in [2.45, 2.75) is 0 Å². The number of ether oxygens (including phenoxy) is 1. The summed E-state index contributed by atoms with van der Waals surface area (Å²) in [4.78, 5) is 4.15. The summed E-state index contributed by atoms with van der Waals surface area (Å²) in [6.07, 6.45) is 0. The van der Waals surface area contributed by atoms with Crippen molar-refractivity contribution in [2.24, 2.45) is 0 Å². The van der Waals surface area contributed by atoms with Crippen LogP contribution < -0.4 is 4.74 Å². The molecule has 4 heteroatoms. The number of oxazole rings is 1. The van der Waals surface area contributed by atoms with Gasteiger partial charge in [0, 0.05) is 28.7 Å². The predicted molar refractivity (Wildman–Crippen MR) is 53.3 cm³/mol. The quantitative estimate of drug-likeness (QED) is 0.750. The van der Waals surface area contributed by atoms with Crippen molar-refractivity contribution < 1.29 is 9.15 Å². The van der Waals surface area contributed by atoms with E-state index in [1.54, 1.807) is 7.11 Å². The van der Waals surface area contributed by atoms with Gasteiger partial charge in [-0.15, -0.1) is 0 Å². The van der Waals surface area contributed by atoms with Gasteiger partial charge in [0.15, 0.2) is 5.58 Å². The van der Waals surface area contributed by atoms with Crippen LogP contribution in [0.5, 0.6) is 5.75 Å². The van der Waals surface area contributed by atoms with Gasteiger partial charge in [-0.2, -0.15) is 0 Å². The van der Waals surface area contributed by atoms with Crippen LogP contribution in [-0.2, 0) is 0 Å². The number of fused-ring (bicyclic) bond motifs is 1. The van der Waals surface area contributed by atoms with Crippen LogP contribution >= 0.6 is 22.6 Å². The minimum absolute atomic E-state index is 0.649. The Bertz CT molecular complexity index is 410. The molecule has 1 aromatic carbocycles. The van der Waals surface area contributed by atoms with Crippen LogP contribution in [0.25, 0.3) is 11.1 Å². The summed E-state index contributed by atoms with van der Waals surface area (Å²) < 4.78 is 11.0. The van der Waals surface area contributed by atoms with Gasteiger partial charge in [0.05, 0.1) is 7.11 Å². The first-order chi connectivity index (χ1) is 5.79. The van der Waals surface area contributed by atoms with Crippen molar-refractivity contribution in [3.05, 3.63) is 22.1 Å². The van der Waals surface area contributed by atoms with Gasteiger partial charge < -0.3 is 9.15 Å². The number of halogens is 1. The molecule has 0 bridgehead atoms. The van der Waals surface area contributed by atoms with Crippen molar-refractivity contribution >= 4 is 33.7 Å². The van der Waals surface area contributed by atoms with E-state index in [9.17, 15) is 0 Å². The second-order valence-electron chi connectivity index (χ2n) is 2.30. The Labute approximate surface area is 82.9 Å². The van der Waals surface area contributed by atoms with Crippen LogP contribution in [0.15, 0.2) is 22.6 Å². The average molecular weight is 275 g/mol. The smallest absolute Gasteiger partial charge is 0.258 e. The molecule has 62 valence electrons. The lowest BCUT2D eigenvalue weighted by Gasteiger charge is -1.95. The summed E-state index contributed by atoms with van der Waals surface area (Å²) in [5.74, 6) is 0.787. The molecule has 0 amide bonds. The highest BCUT2D eigenvalue weighted by atomic mass is 127. The van der Waals surface area contributed by atoms with E-state index in [4.69, 9.17) is 9.15 Å². The molecule has 0 unspecified atom stereocenters. The number of rotatable bonds is 1. The van der Waals surface area contributed by atoms with E-state index in [0.717, 1.165) is 16.8 Å². The minimum atomic E-state index is 0.649. The third kappa shape index (κ3) is 1.26. The molecule has 0 saturated carbocycles. The molecule has 12 heavy (non-hydrogen) atoms. The second-order valence-corrected chi connectivity index (χ2v) is 3.22. The molecule has 2 rings (SSSR count). The summed E-state index contributed by atoms with van der Waals surface area (Å²) >= 11 is 2.04. The van der Waals surface area contributed by atoms with Gasteiger partial charge in [-0.05, 0) is 12.1 Å². The largest absolute Gasteiger partial charge is 0.497 e. The van der Waals surface area contributed by atoms with Crippen LogP contribution in [0.1, 0.15) is 0 Å². The molecular weight excluding hydrogens is 269 g/mol. The van der Waals surface area contributed by atoms with Gasteiger partial charge in [-0.25, -0.2) is 4.98 Å². The molecule has 0 fully saturated rings. The van der Waals surface area contributed by atoms with Gasteiger partial charge in [-0.1, -0.05) is 0 Å². The molecule has 0 aliphatic heterocycles. The average Bonchev–Trinajstić information content (AvgIpc) is 2.43. The Balaban J connectivity index is 2.66. The molecule has 0 N–H and O–H groups in total. The third-order valence-electron chi connectivity index (χ3n) is 1.57. The number of benzene rings is 1. The first kappa shape index (κ1) is 7.85. The van der Waals surface area contributed by atoms with Crippen molar-refractivity contribution in [1.29, 1.82) is 0 Å². The molecule has 0 aliphatic rings. The summed E-state index contributed by atoms with van der Waals surface area (Å²) in [6, 6.07) is 5.56. The molecule has 0 aliphatic carbocycles. The van der Waals surface area contributed by atoms with Crippen molar-refractivity contribution in [2.75, 3.05) is 7.11 Å². The number of methoxy groups -OCH3 is 1. The van der Waals surface area contributed by atoms with Crippen molar-refractivity contribution in [3.63, 3.8) is 0 Å². The fraction of sp³-hybridized carbons (Fsp3) is 0.125. The molecular formula is C8H6INO2. The van der Waals surface area contributed by atoms with Crippen LogP contribution in [0, 0.1) is 3.90 Å². The first-order valence-electron chi connectivity index (χ1n) is 3.39. The molecule has 2 aromatic rings. The van der Waals surface area contributed by atoms with Crippen molar-refractivity contribution in [3.8, 4) is 5.75 Å². The van der Waals surface area contributed by atoms with Gasteiger partial charge in [0.25, 0.3) is 3.90 Å². The molecule has 0 atom stereocenters. The molecule has 1 aromatic heterocycles. The second kappa shape index (κ2) is 2.93. The molecule has 3 nitrogen and oxygen atoms in total. The Morgan fingerprint density at radius 2 is 2.33 bits per heavy atom. The van der Waals surface area contributed by atoms with Crippen LogP contribution in [0.2, 0.25) is 0 Å². The van der Waals surface area contributed by atoms with E-state index in [2.05, 4.69) is 4.98 Å². The summed E-state index contributed by atoms with van der Waals surface area (Å²) in [5.41, 5.74) is 1.62. The fourth-order valence-corrected chi connectivity index (χ4v) is 1.50. The third-order valence-corrected chi connectivity index (χ3v) is 2.03. The van der Waals surface area contributed by atoms with Crippen LogP contribution in [-0.4, -0.2) is 12.1 Å². The normalized spacial score (nSPS) is 10.5.